The molecule has 1 amide bonds. The number of likely N-dealkylation sites (tertiary alicyclic amines) is 1. The van der Waals surface area contributed by atoms with Crippen LogP contribution in [-0.2, 0) is 0 Å². The summed E-state index contributed by atoms with van der Waals surface area (Å²) in [4.78, 5) is 18.0. The van der Waals surface area contributed by atoms with Crippen molar-refractivity contribution in [3.05, 3.63) is 11.6 Å². The monoisotopic (exact) mass is 238 g/mol. The highest BCUT2D eigenvalue weighted by Gasteiger charge is 2.30. The molecule has 2 heterocycles. The van der Waals surface area contributed by atoms with Crippen LogP contribution in [-0.4, -0.2) is 50.3 Å². The highest BCUT2D eigenvalue weighted by atomic mass is 16.3. The Bertz CT molecular complexity index is 402. The molecule has 6 heteroatoms. The number of hydrogen-bond acceptors (Lipinski definition) is 4. The Labute approximate surface area is 100 Å². The minimum Gasteiger partial charge on any atom is -0.394 e. The van der Waals surface area contributed by atoms with Gasteiger partial charge in [-0.3, -0.25) is 9.89 Å². The van der Waals surface area contributed by atoms with Crippen LogP contribution in [0.3, 0.4) is 0 Å². The normalized spacial score (nSPS) is 20.2. The number of aliphatic hydroxyl groups is 1. The van der Waals surface area contributed by atoms with Crippen molar-refractivity contribution >= 4 is 5.91 Å². The maximum Gasteiger partial charge on any atom is 0.293 e. The Morgan fingerprint density at radius 1 is 1.65 bits per heavy atom. The number of aromatic nitrogens is 3. The van der Waals surface area contributed by atoms with Crippen LogP contribution in [0.1, 0.15) is 49.1 Å². The summed E-state index contributed by atoms with van der Waals surface area (Å²) in [5.41, 5.74) is 0. The second kappa shape index (κ2) is 4.83. The van der Waals surface area contributed by atoms with Gasteiger partial charge in [-0.15, -0.1) is 5.10 Å². The number of amides is 1. The van der Waals surface area contributed by atoms with E-state index in [2.05, 4.69) is 15.2 Å². The van der Waals surface area contributed by atoms with Crippen LogP contribution in [0, 0.1) is 0 Å². The fourth-order valence-electron chi connectivity index (χ4n) is 2.05. The van der Waals surface area contributed by atoms with Crippen LogP contribution in [0.2, 0.25) is 0 Å². The van der Waals surface area contributed by atoms with Gasteiger partial charge in [0, 0.05) is 12.5 Å². The van der Waals surface area contributed by atoms with Crippen LogP contribution in [0.15, 0.2) is 0 Å². The molecule has 17 heavy (non-hydrogen) atoms. The number of carbonyl (C=O) groups excluding carboxylic acids is 1. The third-order valence-electron chi connectivity index (χ3n) is 3.09. The third-order valence-corrected chi connectivity index (χ3v) is 3.09. The number of aromatic amines is 1. The average Bonchev–Trinajstić information content (AvgIpc) is 2.96. The largest absolute Gasteiger partial charge is 0.394 e. The molecule has 0 aliphatic carbocycles. The first-order chi connectivity index (χ1) is 8.13. The molecule has 6 nitrogen and oxygen atoms in total. The minimum absolute atomic E-state index is 0.00714. The van der Waals surface area contributed by atoms with E-state index in [0.717, 1.165) is 12.8 Å². The zero-order chi connectivity index (χ0) is 12.4. The van der Waals surface area contributed by atoms with Crippen molar-refractivity contribution in [2.45, 2.75) is 38.6 Å². The van der Waals surface area contributed by atoms with Gasteiger partial charge >= 0.3 is 0 Å². The number of hydrogen-bond donors (Lipinski definition) is 2. The first-order valence-electron chi connectivity index (χ1n) is 5.97. The summed E-state index contributed by atoms with van der Waals surface area (Å²) >= 11 is 0. The van der Waals surface area contributed by atoms with Crippen LogP contribution in [0.5, 0.6) is 0 Å². The zero-order valence-electron chi connectivity index (χ0n) is 10.2. The van der Waals surface area contributed by atoms with Gasteiger partial charge in [-0.25, -0.2) is 4.98 Å². The molecule has 0 spiro atoms. The second-order valence-corrected chi connectivity index (χ2v) is 4.68. The van der Waals surface area contributed by atoms with Gasteiger partial charge in [0.2, 0.25) is 5.82 Å². The molecule has 0 saturated carbocycles. The Morgan fingerprint density at radius 3 is 3.00 bits per heavy atom. The molecule has 1 atom stereocenters. The highest BCUT2D eigenvalue weighted by molar-refractivity contribution is 5.90. The summed E-state index contributed by atoms with van der Waals surface area (Å²) in [5.74, 6) is 0.947. The van der Waals surface area contributed by atoms with Crippen LogP contribution in [0.25, 0.3) is 0 Å². The molecule has 0 radical (unpaired) electrons. The Morgan fingerprint density at radius 2 is 2.41 bits per heavy atom. The second-order valence-electron chi connectivity index (χ2n) is 4.68. The van der Waals surface area contributed by atoms with E-state index in [0.29, 0.717) is 12.4 Å². The molecule has 1 aromatic heterocycles. The number of rotatable bonds is 3. The smallest absolute Gasteiger partial charge is 0.293 e. The van der Waals surface area contributed by atoms with Crippen molar-refractivity contribution in [2.75, 3.05) is 13.2 Å². The van der Waals surface area contributed by atoms with Crippen molar-refractivity contribution in [3.8, 4) is 0 Å². The van der Waals surface area contributed by atoms with E-state index in [9.17, 15) is 9.90 Å². The Kier molecular flexibility index (Phi) is 3.42. The van der Waals surface area contributed by atoms with Gasteiger partial charge in [0.1, 0.15) is 5.82 Å². The average molecular weight is 238 g/mol. The van der Waals surface area contributed by atoms with Crippen LogP contribution in [0.4, 0.5) is 0 Å². The van der Waals surface area contributed by atoms with Gasteiger partial charge in [0.25, 0.3) is 5.91 Å². The summed E-state index contributed by atoms with van der Waals surface area (Å²) in [6, 6.07) is -0.0801. The quantitative estimate of drug-likeness (QED) is 0.804. The van der Waals surface area contributed by atoms with Crippen molar-refractivity contribution in [3.63, 3.8) is 0 Å². The molecule has 1 saturated heterocycles. The molecule has 0 unspecified atom stereocenters. The number of H-pyrrole nitrogens is 1. The molecular weight excluding hydrogens is 220 g/mol. The minimum atomic E-state index is -0.190. The molecule has 94 valence electrons. The SMILES string of the molecule is CC(C)c1nc(C(=O)N2CCC[C@@H]2CO)n[nH]1. The molecular formula is C11H18N4O2. The van der Waals surface area contributed by atoms with E-state index in [-0.39, 0.29) is 30.3 Å². The first-order valence-corrected chi connectivity index (χ1v) is 5.97. The summed E-state index contributed by atoms with van der Waals surface area (Å²) in [6.07, 6.45) is 1.78. The lowest BCUT2D eigenvalue weighted by Gasteiger charge is -2.21. The van der Waals surface area contributed by atoms with E-state index >= 15 is 0 Å². The van der Waals surface area contributed by atoms with Crippen molar-refractivity contribution in [2.24, 2.45) is 0 Å². The number of nitrogens with zero attached hydrogens (tertiary/aromatic N) is 3. The molecule has 0 bridgehead atoms. The van der Waals surface area contributed by atoms with Gasteiger partial charge in [-0.05, 0) is 12.8 Å². The van der Waals surface area contributed by atoms with E-state index in [1.54, 1.807) is 4.90 Å². The summed E-state index contributed by atoms with van der Waals surface area (Å²) in [7, 11) is 0. The predicted molar refractivity (Wildman–Crippen MR) is 61.6 cm³/mol. The fraction of sp³-hybridized carbons (Fsp3) is 0.727. The maximum absolute atomic E-state index is 12.1. The van der Waals surface area contributed by atoms with E-state index in [1.165, 1.54) is 0 Å². The first kappa shape index (κ1) is 12.0. The molecule has 1 aliphatic rings. The number of nitrogens with one attached hydrogen (secondary N) is 1. The van der Waals surface area contributed by atoms with Crippen molar-refractivity contribution in [1.29, 1.82) is 0 Å². The lowest BCUT2D eigenvalue weighted by molar-refractivity contribution is 0.0666. The maximum atomic E-state index is 12.1. The fourth-order valence-corrected chi connectivity index (χ4v) is 2.05. The molecule has 0 aromatic carbocycles. The standard InChI is InChI=1S/C11H18N4O2/c1-7(2)9-12-10(14-13-9)11(17)15-5-3-4-8(15)6-16/h7-8,16H,3-6H2,1-2H3,(H,12,13,14)/t8-/m1/s1. The topological polar surface area (TPSA) is 82.1 Å². The van der Waals surface area contributed by atoms with Gasteiger partial charge in [0.15, 0.2) is 0 Å². The van der Waals surface area contributed by atoms with Crippen LogP contribution < -0.4 is 0 Å². The summed E-state index contributed by atoms with van der Waals surface area (Å²) < 4.78 is 0. The van der Waals surface area contributed by atoms with Crippen molar-refractivity contribution < 1.29 is 9.90 Å². The molecule has 1 fully saturated rings. The van der Waals surface area contributed by atoms with E-state index < -0.39 is 0 Å². The molecule has 1 aliphatic heterocycles. The predicted octanol–water partition coefficient (Wildman–Crippen LogP) is 0.525. The lowest BCUT2D eigenvalue weighted by Crippen LogP contribution is -2.38. The number of carbonyl (C=O) groups is 1. The highest BCUT2D eigenvalue weighted by Crippen LogP contribution is 2.19. The zero-order valence-corrected chi connectivity index (χ0v) is 10.2. The molecule has 2 N–H and O–H groups in total. The van der Waals surface area contributed by atoms with Gasteiger partial charge in [-0.1, -0.05) is 13.8 Å². The van der Waals surface area contributed by atoms with E-state index in [4.69, 9.17) is 0 Å². The lowest BCUT2D eigenvalue weighted by atomic mass is 10.2. The summed E-state index contributed by atoms with van der Waals surface area (Å²) in [6.45, 7) is 4.66. The van der Waals surface area contributed by atoms with Gasteiger partial charge < -0.3 is 10.0 Å². The molecule has 2 rings (SSSR count). The van der Waals surface area contributed by atoms with E-state index in [1.807, 2.05) is 13.8 Å². The Balaban J connectivity index is 2.13. The number of aliphatic hydroxyl groups excluding tert-OH is 1. The van der Waals surface area contributed by atoms with Crippen LogP contribution >= 0.6 is 0 Å². The third kappa shape index (κ3) is 2.31. The van der Waals surface area contributed by atoms with Crippen molar-refractivity contribution in [1.82, 2.24) is 20.1 Å². The summed E-state index contributed by atoms with van der Waals surface area (Å²) in [5, 5.41) is 15.9. The van der Waals surface area contributed by atoms with Gasteiger partial charge in [-0.2, -0.15) is 0 Å². The van der Waals surface area contributed by atoms with Gasteiger partial charge in [0.05, 0.1) is 12.6 Å². The Hall–Kier alpha value is -1.43. The molecule has 1 aromatic rings.